The van der Waals surface area contributed by atoms with Gasteiger partial charge in [-0.3, -0.25) is 9.59 Å². The van der Waals surface area contributed by atoms with Gasteiger partial charge in [-0.1, -0.05) is 124 Å². The molecule has 0 aliphatic carbocycles. The molecular weight excluding hydrogens is 867 g/mol. The number of hydrogen-bond acceptors (Lipinski definition) is 14. The van der Waals surface area contributed by atoms with Crippen LogP contribution in [0.1, 0.15) is 59.9 Å². The Bertz CT molecular complexity index is 1960. The Morgan fingerprint density at radius 3 is 2.33 bits per heavy atom. The van der Waals surface area contributed by atoms with Crippen LogP contribution in [0.15, 0.2) is 115 Å². The number of rotatable bonds is 22. The number of ether oxygens (including phenoxy) is 7. The maximum atomic E-state index is 14.5. The molecule has 3 aliphatic rings. The van der Waals surface area contributed by atoms with Gasteiger partial charge in [0, 0.05) is 51.0 Å². The molecule has 0 radical (unpaired) electrons. The first-order valence-corrected chi connectivity index (χ1v) is 22.7. The smallest absolute Gasteiger partial charge is 0.328 e. The van der Waals surface area contributed by atoms with E-state index in [0.717, 1.165) is 11.6 Å². The summed E-state index contributed by atoms with van der Waals surface area (Å²) >= 11 is 0. The van der Waals surface area contributed by atoms with E-state index in [4.69, 9.17) is 38.3 Å². The van der Waals surface area contributed by atoms with E-state index in [0.29, 0.717) is 12.0 Å². The predicted molar refractivity (Wildman–Crippen MR) is 249 cm³/mol. The number of aliphatic hydroxyl groups is 4. The number of aliphatic hydroxyl groups excluding tert-OH is 3. The molecule has 0 saturated carbocycles. The van der Waals surface area contributed by atoms with Gasteiger partial charge in [-0.05, 0) is 31.9 Å². The fourth-order valence-corrected chi connectivity index (χ4v) is 8.42. The summed E-state index contributed by atoms with van der Waals surface area (Å²) in [5.41, 5.74) is 0.327. The van der Waals surface area contributed by atoms with Crippen molar-refractivity contribution in [2.75, 3.05) is 27.4 Å². The Kier molecular flexibility index (Phi) is 21.5. The van der Waals surface area contributed by atoms with Gasteiger partial charge >= 0.3 is 11.9 Å². The minimum atomic E-state index is -2.67. The molecule has 1 amide bonds. The normalized spacial score (nSPS) is 31.9. The zero-order valence-corrected chi connectivity index (χ0v) is 39.8. The first-order chi connectivity index (χ1) is 31.9. The van der Waals surface area contributed by atoms with Crippen LogP contribution in [-0.2, 0) is 54.0 Å². The Balaban J connectivity index is 1.57. The van der Waals surface area contributed by atoms with Crippen molar-refractivity contribution in [1.29, 1.82) is 0 Å². The summed E-state index contributed by atoms with van der Waals surface area (Å²) < 4.78 is 41.8. The second-order valence-corrected chi connectivity index (χ2v) is 17.7. The van der Waals surface area contributed by atoms with Gasteiger partial charge < -0.3 is 64.0 Å². The third kappa shape index (κ3) is 15.2. The molecule has 4 rings (SSSR count). The Morgan fingerprint density at radius 1 is 0.955 bits per heavy atom. The van der Waals surface area contributed by atoms with E-state index >= 15 is 0 Å². The molecule has 16 nitrogen and oxygen atoms in total. The number of esters is 1. The molecular formula is C51H71NO15. The highest BCUT2D eigenvalue weighted by atomic mass is 16.7. The van der Waals surface area contributed by atoms with Gasteiger partial charge in [-0.25, -0.2) is 4.79 Å². The van der Waals surface area contributed by atoms with Gasteiger partial charge in [0.05, 0.1) is 49.7 Å². The maximum Gasteiger partial charge on any atom is 0.328 e. The van der Waals surface area contributed by atoms with E-state index in [1.807, 2.05) is 26.8 Å². The van der Waals surface area contributed by atoms with Crippen LogP contribution in [0.3, 0.4) is 0 Å². The lowest BCUT2D eigenvalue weighted by Gasteiger charge is -2.54. The molecule has 3 aliphatic heterocycles. The predicted octanol–water partition coefficient (Wildman–Crippen LogP) is 4.43. The van der Waals surface area contributed by atoms with E-state index in [1.54, 1.807) is 119 Å². The fourth-order valence-electron chi connectivity index (χ4n) is 8.42. The molecule has 6 N–H and O–H groups in total. The molecule has 1 aromatic carbocycles. The summed E-state index contributed by atoms with van der Waals surface area (Å²) in [5, 5.41) is 58.2. The van der Waals surface area contributed by atoms with Gasteiger partial charge in [-0.2, -0.15) is 0 Å². The Labute approximate surface area is 394 Å². The molecule has 3 heterocycles. The molecule has 14 unspecified atom stereocenters. The number of amides is 1. The highest BCUT2D eigenvalue weighted by Crippen LogP contribution is 2.46. The number of carboxylic acid groups (broad SMARTS) is 1. The van der Waals surface area contributed by atoms with Crippen LogP contribution in [0.2, 0.25) is 0 Å². The second kappa shape index (κ2) is 26.2. The van der Waals surface area contributed by atoms with E-state index in [2.05, 4.69) is 5.32 Å². The first kappa shape index (κ1) is 55.0. The van der Waals surface area contributed by atoms with Crippen molar-refractivity contribution in [3.05, 3.63) is 120 Å². The summed E-state index contributed by atoms with van der Waals surface area (Å²) in [6.07, 6.45) is 11.7. The summed E-state index contributed by atoms with van der Waals surface area (Å²) in [5.74, 6) is -7.05. The summed E-state index contributed by atoms with van der Waals surface area (Å²) in [6.45, 7) is 10.2. The van der Waals surface area contributed by atoms with Crippen molar-refractivity contribution in [1.82, 2.24) is 5.32 Å². The number of nitrogens with one attached hydrogen (secondary N) is 1. The van der Waals surface area contributed by atoms with Crippen LogP contribution in [0.5, 0.6) is 0 Å². The van der Waals surface area contributed by atoms with Crippen molar-refractivity contribution in [3.63, 3.8) is 0 Å². The zero-order valence-electron chi connectivity index (χ0n) is 39.8. The third-order valence-corrected chi connectivity index (χ3v) is 12.5. The van der Waals surface area contributed by atoms with Gasteiger partial charge in [-0.15, -0.1) is 0 Å². The molecule has 0 bridgehead atoms. The van der Waals surface area contributed by atoms with Crippen molar-refractivity contribution in [2.45, 2.75) is 134 Å². The molecule has 0 spiro atoms. The van der Waals surface area contributed by atoms with Crippen molar-refractivity contribution < 1.29 is 73.1 Å². The summed E-state index contributed by atoms with van der Waals surface area (Å²) in [4.78, 5) is 38.7. The third-order valence-electron chi connectivity index (χ3n) is 12.5. The lowest BCUT2D eigenvalue weighted by molar-refractivity contribution is -0.365. The minimum Gasteiger partial charge on any atom is -0.478 e. The molecule has 14 atom stereocenters. The van der Waals surface area contributed by atoms with E-state index in [9.17, 15) is 34.8 Å². The van der Waals surface area contributed by atoms with Crippen molar-refractivity contribution in [3.8, 4) is 0 Å². The number of aliphatic carboxylic acids is 1. The molecule has 3 saturated heterocycles. The van der Waals surface area contributed by atoms with Crippen LogP contribution in [0.4, 0.5) is 0 Å². The average Bonchev–Trinajstić information content (AvgIpc) is 3.66. The highest BCUT2D eigenvalue weighted by Gasteiger charge is 2.63. The lowest BCUT2D eigenvalue weighted by atomic mass is 9.71. The minimum absolute atomic E-state index is 0.0330. The number of carbonyl (C=O) groups excluding carboxylic acids is 2. The maximum absolute atomic E-state index is 14.5. The summed E-state index contributed by atoms with van der Waals surface area (Å²) in [6, 6.07) is 8.82. The molecule has 67 heavy (non-hydrogen) atoms. The van der Waals surface area contributed by atoms with Crippen LogP contribution in [-0.4, -0.2) is 144 Å². The number of hydrogen-bond donors (Lipinski definition) is 6. The number of benzene rings is 1. The zero-order chi connectivity index (χ0) is 49.3. The lowest BCUT2D eigenvalue weighted by Crippen LogP contribution is -2.71. The van der Waals surface area contributed by atoms with Crippen LogP contribution in [0.25, 0.3) is 0 Å². The van der Waals surface area contributed by atoms with E-state index in [1.165, 1.54) is 13.2 Å². The monoisotopic (exact) mass is 937 g/mol. The quantitative estimate of drug-likeness (QED) is 0.0537. The molecule has 16 heteroatoms. The number of allylic oxidation sites excluding steroid dienone is 9. The van der Waals surface area contributed by atoms with Gasteiger partial charge in [0.2, 0.25) is 11.7 Å². The molecule has 1 aromatic rings. The Morgan fingerprint density at radius 2 is 1.66 bits per heavy atom. The van der Waals surface area contributed by atoms with Crippen LogP contribution < -0.4 is 5.32 Å². The van der Waals surface area contributed by atoms with Crippen molar-refractivity contribution in [2.24, 2.45) is 17.3 Å². The standard InChI is InChI=1S/C51H71NO15/c1-9-10-14-25-41-50(5,6)47(58)48(66-43(56)28-35-22-15-13-16-23-35)51(60,67-41)36(31-63-40-30-44(61-7)64-34(4)45(40)57)49(59)52-27-20-19-21-32(2)46(62-8)33(3)39-29-37(53)38(65-39)24-17-11-12-18-26-42(54)55/h9-26,33-34,36-41,44-48,53,57-58,60H,27-31H2,1-8H3,(H,52,59)(H,54,55)/b10-9+,12-11+,20-19+,24-17+,25-14+,26-18+,32-21+. The molecule has 0 aromatic heterocycles. The topological polar surface area (TPSA) is 229 Å². The SMILES string of the molecule is C/C=C/C=C/C1OC(O)(C(COC2CC(OC)OC(C)C2O)C(=O)NC/C=C/C=C(\C)C(OC)C(C)C2CC(O)C(/C=C/C=C/C=C/C(=O)O)O2)C(OC(=O)Cc2ccccc2)C(O)C1(C)C. The number of methoxy groups -OCH3 is 2. The van der Waals surface area contributed by atoms with Gasteiger partial charge in [0.25, 0.3) is 0 Å². The molecule has 370 valence electrons. The average molecular weight is 938 g/mol. The van der Waals surface area contributed by atoms with Gasteiger partial charge in [0.1, 0.15) is 24.2 Å². The molecule has 3 fully saturated rings. The van der Waals surface area contributed by atoms with E-state index < -0.39 is 103 Å². The van der Waals surface area contributed by atoms with Crippen LogP contribution in [0, 0.1) is 17.3 Å². The fraction of sp³-hybridized carbons (Fsp3) is 0.549. The number of carbonyl (C=O) groups is 3. The first-order valence-electron chi connectivity index (χ1n) is 22.7. The van der Waals surface area contributed by atoms with E-state index in [-0.39, 0.29) is 31.4 Å². The van der Waals surface area contributed by atoms with Crippen LogP contribution >= 0.6 is 0 Å². The number of carboxylic acids is 1. The second-order valence-electron chi connectivity index (χ2n) is 17.7. The Hall–Kier alpha value is -4.59. The van der Waals surface area contributed by atoms with Crippen molar-refractivity contribution >= 4 is 17.8 Å². The summed E-state index contributed by atoms with van der Waals surface area (Å²) in [7, 11) is 3.04. The highest BCUT2D eigenvalue weighted by molar-refractivity contribution is 5.81. The van der Waals surface area contributed by atoms with Gasteiger partial charge in [0.15, 0.2) is 12.4 Å². The largest absolute Gasteiger partial charge is 0.478 e.